The van der Waals surface area contributed by atoms with Gasteiger partial charge in [0.25, 0.3) is 11.8 Å². The highest BCUT2D eigenvalue weighted by atomic mass is 32.1. The largest absolute Gasteiger partial charge is 0.382 e. The number of fused-ring (bicyclic) bond motifs is 2. The van der Waals surface area contributed by atoms with Gasteiger partial charge in [-0.1, -0.05) is 11.3 Å². The third-order valence-corrected chi connectivity index (χ3v) is 12.7. The van der Waals surface area contributed by atoms with Crippen molar-refractivity contribution in [1.29, 1.82) is 5.26 Å². The fraction of sp³-hybridized carbons (Fsp3) is 0.381. The molecule has 0 aliphatic carbocycles. The topological polar surface area (TPSA) is 211 Å². The maximum atomic E-state index is 13.5. The second-order valence-corrected chi connectivity index (χ2v) is 16.9. The van der Waals surface area contributed by atoms with Crippen LogP contribution in [0.1, 0.15) is 78.7 Å². The number of hydrogen-bond acceptors (Lipinski definition) is 14. The molecule has 1 atom stereocenters. The average molecular weight is 827 g/mol. The van der Waals surface area contributed by atoms with Crippen molar-refractivity contribution in [3.63, 3.8) is 0 Å². The van der Waals surface area contributed by atoms with Crippen molar-refractivity contribution in [2.24, 2.45) is 5.92 Å². The Bertz CT molecular complexity index is 2600. The lowest BCUT2D eigenvalue weighted by molar-refractivity contribution is -0.136. The number of piperidine rings is 3. The van der Waals surface area contributed by atoms with Crippen LogP contribution in [0.5, 0.6) is 0 Å². The molecule has 8 heterocycles. The maximum Gasteiger partial charge on any atom is 0.262 e. The third kappa shape index (κ3) is 7.29. The number of nitriles is 1. The van der Waals surface area contributed by atoms with Crippen LogP contribution in [-0.4, -0.2) is 104 Å². The Kier molecular flexibility index (Phi) is 10.2. The van der Waals surface area contributed by atoms with Gasteiger partial charge in [-0.05, 0) is 88.4 Å². The van der Waals surface area contributed by atoms with Crippen molar-refractivity contribution in [3.05, 3.63) is 71.5 Å². The number of benzene rings is 1. The molecular weight excluding hydrogens is 785 g/mol. The van der Waals surface area contributed by atoms with Crippen LogP contribution in [0.4, 0.5) is 16.5 Å². The highest BCUT2D eigenvalue weighted by Crippen LogP contribution is 2.37. The van der Waals surface area contributed by atoms with Crippen LogP contribution >= 0.6 is 11.3 Å². The van der Waals surface area contributed by atoms with E-state index in [2.05, 4.69) is 61.0 Å². The summed E-state index contributed by atoms with van der Waals surface area (Å²) in [6.45, 7) is 6.84. The highest BCUT2D eigenvalue weighted by molar-refractivity contribution is 7.18. The lowest BCUT2D eigenvalue weighted by atomic mass is 9.94. The first-order valence-corrected chi connectivity index (χ1v) is 21.0. The van der Waals surface area contributed by atoms with E-state index in [1.807, 2.05) is 24.4 Å². The van der Waals surface area contributed by atoms with E-state index in [1.54, 1.807) is 35.0 Å². The average Bonchev–Trinajstić information content (AvgIpc) is 3.97. The van der Waals surface area contributed by atoms with Crippen LogP contribution in [-0.2, 0) is 14.4 Å². The number of pyridine rings is 1. The van der Waals surface area contributed by atoms with E-state index in [4.69, 9.17) is 4.98 Å². The molecule has 0 radical (unpaired) electrons. The molecule has 5 amide bonds. The Balaban J connectivity index is 0.785. The molecule has 0 saturated carbocycles. The molecule has 0 bridgehead atoms. The second-order valence-electron chi connectivity index (χ2n) is 15.9. The maximum absolute atomic E-state index is 13.5. The van der Waals surface area contributed by atoms with E-state index in [0.29, 0.717) is 31.5 Å². The van der Waals surface area contributed by atoms with Crippen LogP contribution in [0, 0.1) is 17.2 Å². The van der Waals surface area contributed by atoms with Gasteiger partial charge in [0.1, 0.15) is 12.1 Å². The first-order chi connectivity index (χ1) is 29.0. The molecule has 3 N–H and O–H groups in total. The Labute approximate surface area is 348 Å². The van der Waals surface area contributed by atoms with Gasteiger partial charge in [-0.15, -0.1) is 10.2 Å². The molecule has 3 fully saturated rings. The number of carbonyl (C=O) groups is 5. The molecule has 17 nitrogen and oxygen atoms in total. The molecule has 4 aromatic heterocycles. The van der Waals surface area contributed by atoms with Crippen LogP contribution in [0.3, 0.4) is 0 Å². The van der Waals surface area contributed by atoms with Gasteiger partial charge in [0.2, 0.25) is 22.9 Å². The van der Waals surface area contributed by atoms with Gasteiger partial charge >= 0.3 is 0 Å². The SMILES string of the molecule is CC(C)Nc1cc(-c2ccc3cc(C#N)cnn23)ncc1-c1nnc(N2CCC(NC(=O)C3CCN(c4ccc5c(c4)C(=O)N(C4CCC(=O)NC4=O)C5=O)CC3)CC2)s1. The Morgan fingerprint density at radius 3 is 2.40 bits per heavy atom. The van der Waals surface area contributed by atoms with E-state index in [0.717, 1.165) is 74.8 Å². The quantitative estimate of drug-likeness (QED) is 0.180. The molecule has 18 heteroatoms. The van der Waals surface area contributed by atoms with Crippen molar-refractivity contribution in [2.45, 2.75) is 70.5 Å². The monoisotopic (exact) mass is 826 g/mol. The lowest BCUT2D eigenvalue weighted by Crippen LogP contribution is -2.54. The van der Waals surface area contributed by atoms with Gasteiger partial charge in [-0.2, -0.15) is 10.4 Å². The van der Waals surface area contributed by atoms with E-state index in [9.17, 15) is 29.2 Å². The summed E-state index contributed by atoms with van der Waals surface area (Å²) in [5.74, 6) is -2.20. The molecule has 5 aromatic rings. The number of nitrogens with zero attached hydrogens (tertiary/aromatic N) is 9. The molecule has 9 rings (SSSR count). The smallest absolute Gasteiger partial charge is 0.262 e. The first kappa shape index (κ1) is 38.8. The Morgan fingerprint density at radius 2 is 1.65 bits per heavy atom. The summed E-state index contributed by atoms with van der Waals surface area (Å²) in [4.78, 5) is 74.1. The van der Waals surface area contributed by atoms with E-state index >= 15 is 0 Å². The molecule has 60 heavy (non-hydrogen) atoms. The number of carbonyl (C=O) groups excluding carboxylic acids is 5. The third-order valence-electron chi connectivity index (χ3n) is 11.7. The molecule has 0 spiro atoms. The summed E-state index contributed by atoms with van der Waals surface area (Å²) >= 11 is 1.51. The van der Waals surface area contributed by atoms with E-state index in [1.165, 1.54) is 11.3 Å². The molecular formula is C42H42N12O5S. The highest BCUT2D eigenvalue weighted by Gasteiger charge is 2.45. The van der Waals surface area contributed by atoms with Crippen LogP contribution in [0.15, 0.2) is 54.9 Å². The molecule has 1 unspecified atom stereocenters. The van der Waals surface area contributed by atoms with Crippen LogP contribution in [0.25, 0.3) is 27.5 Å². The van der Waals surface area contributed by atoms with Crippen molar-refractivity contribution < 1.29 is 24.0 Å². The number of hydrogen-bond donors (Lipinski definition) is 3. The first-order valence-electron chi connectivity index (χ1n) is 20.2. The standard InChI is InChI=1S/C42H42N12O5S/c1-23(2)46-32-19-33(34-6-4-28-17-24(20-43)21-45-54(28)34)44-22-31(32)39-49-50-42(60-39)52-15-11-26(12-16-52)47-37(56)25-9-13-51(14-10-25)27-3-5-29-30(18-27)41(59)53(40(29)58)35-7-8-36(55)48-38(35)57/h3-6,17-19,21-23,25-26,35H,7-16H2,1-2H3,(H,44,46)(H,47,56)(H,48,55,57). The van der Waals surface area contributed by atoms with Gasteiger partial charge in [0.05, 0.1) is 45.4 Å². The van der Waals surface area contributed by atoms with Gasteiger partial charge in [0, 0.05) is 68.2 Å². The van der Waals surface area contributed by atoms with Crippen molar-refractivity contribution in [3.8, 4) is 28.0 Å². The minimum Gasteiger partial charge on any atom is -0.382 e. The molecule has 306 valence electrons. The van der Waals surface area contributed by atoms with Crippen molar-refractivity contribution >= 4 is 62.9 Å². The van der Waals surface area contributed by atoms with Gasteiger partial charge in [0.15, 0.2) is 5.01 Å². The van der Waals surface area contributed by atoms with Crippen molar-refractivity contribution in [1.82, 2.24) is 40.3 Å². The molecule has 4 aliphatic rings. The number of anilines is 3. The molecule has 3 saturated heterocycles. The number of nitrogens with one attached hydrogen (secondary N) is 3. The summed E-state index contributed by atoms with van der Waals surface area (Å²) in [7, 11) is 0. The summed E-state index contributed by atoms with van der Waals surface area (Å²) in [5.41, 5.74) is 5.85. The van der Waals surface area contributed by atoms with Crippen LogP contribution in [0.2, 0.25) is 0 Å². The fourth-order valence-electron chi connectivity index (χ4n) is 8.49. The second kappa shape index (κ2) is 15.8. The summed E-state index contributed by atoms with van der Waals surface area (Å²) in [5, 5.41) is 33.5. The Hall–Kier alpha value is -6.74. The predicted octanol–water partition coefficient (Wildman–Crippen LogP) is 4.01. The number of aromatic nitrogens is 5. The normalized spacial score (nSPS) is 18.9. The zero-order valence-corrected chi connectivity index (χ0v) is 33.9. The number of rotatable bonds is 9. The minimum absolute atomic E-state index is 0.0523. The zero-order valence-electron chi connectivity index (χ0n) is 33.1. The Morgan fingerprint density at radius 1 is 0.883 bits per heavy atom. The zero-order chi connectivity index (χ0) is 41.7. The number of amides is 5. The van der Waals surface area contributed by atoms with Crippen molar-refractivity contribution in [2.75, 3.05) is 41.3 Å². The van der Waals surface area contributed by atoms with E-state index in [-0.39, 0.29) is 47.9 Å². The number of imide groups is 2. The molecule has 4 aliphatic heterocycles. The van der Waals surface area contributed by atoms with E-state index < -0.39 is 29.7 Å². The summed E-state index contributed by atoms with van der Waals surface area (Å²) < 4.78 is 1.77. The summed E-state index contributed by atoms with van der Waals surface area (Å²) in [6.07, 6.45) is 6.39. The summed E-state index contributed by atoms with van der Waals surface area (Å²) in [6, 6.07) is 14.1. The van der Waals surface area contributed by atoms with Gasteiger partial charge < -0.3 is 20.4 Å². The molecule has 1 aromatic carbocycles. The lowest BCUT2D eigenvalue weighted by Gasteiger charge is -2.35. The fourth-order valence-corrected chi connectivity index (χ4v) is 9.41. The predicted molar refractivity (Wildman–Crippen MR) is 222 cm³/mol. The van der Waals surface area contributed by atoms with Crippen LogP contribution < -0.4 is 25.8 Å². The van der Waals surface area contributed by atoms with Gasteiger partial charge in [-0.25, -0.2) is 4.52 Å². The minimum atomic E-state index is -1.01. The van der Waals surface area contributed by atoms with Gasteiger partial charge in [-0.3, -0.25) is 39.2 Å².